The predicted molar refractivity (Wildman–Crippen MR) is 157 cm³/mol. The molecule has 1 atom stereocenters. The molecule has 0 radical (unpaired) electrons. The van der Waals surface area contributed by atoms with Crippen LogP contribution in [0.5, 0.6) is 0 Å². The Morgan fingerprint density at radius 3 is 2.14 bits per heavy atom. The zero-order valence-electron chi connectivity index (χ0n) is 20.1. The van der Waals surface area contributed by atoms with Gasteiger partial charge in [0, 0.05) is 22.8 Å². The standard InChI is InChI=1S/C28H32ClN3O3.HI/c29-24-14-10-21(11-15-24)16-18-28(30,20-22-8-12-23(13-9-22)26(33)34)17-4-5-19-31-27(35)32-25-6-2-1-3-7-25;/h1-3,6-15H,4-5,16-20,30H2,(H,33,34)(H2,31,32,35);1H. The first-order valence-corrected chi connectivity index (χ1v) is 12.2. The monoisotopic (exact) mass is 621 g/mol. The smallest absolute Gasteiger partial charge is 0.335 e. The molecular weight excluding hydrogens is 589 g/mol. The number of hydrogen-bond acceptors (Lipinski definition) is 3. The van der Waals surface area contributed by atoms with Crippen molar-refractivity contribution < 1.29 is 14.7 Å². The molecule has 0 spiro atoms. The molecule has 0 saturated carbocycles. The predicted octanol–water partition coefficient (Wildman–Crippen LogP) is 6.52. The highest BCUT2D eigenvalue weighted by atomic mass is 127. The van der Waals surface area contributed by atoms with E-state index in [1.165, 1.54) is 5.56 Å². The maximum absolute atomic E-state index is 12.1. The van der Waals surface area contributed by atoms with Gasteiger partial charge in [-0.3, -0.25) is 0 Å². The summed E-state index contributed by atoms with van der Waals surface area (Å²) in [5.74, 6) is -0.942. The van der Waals surface area contributed by atoms with Crippen molar-refractivity contribution >= 4 is 53.3 Å². The molecule has 0 aliphatic carbocycles. The third kappa shape index (κ3) is 10.2. The van der Waals surface area contributed by atoms with Crippen LogP contribution in [0.2, 0.25) is 5.02 Å². The summed E-state index contributed by atoms with van der Waals surface area (Å²) in [5, 5.41) is 15.6. The highest BCUT2D eigenvalue weighted by molar-refractivity contribution is 14.0. The minimum absolute atomic E-state index is 0. The Bertz CT molecular complexity index is 1100. The van der Waals surface area contributed by atoms with Crippen LogP contribution in [0.3, 0.4) is 0 Å². The van der Waals surface area contributed by atoms with Crippen LogP contribution in [-0.4, -0.2) is 29.2 Å². The summed E-state index contributed by atoms with van der Waals surface area (Å²) in [6.07, 6.45) is 4.68. The fraction of sp³-hybridized carbons (Fsp3) is 0.286. The zero-order chi connectivity index (χ0) is 25.1. The van der Waals surface area contributed by atoms with Gasteiger partial charge in [0.2, 0.25) is 0 Å². The minimum atomic E-state index is -0.942. The molecule has 0 aliphatic rings. The van der Waals surface area contributed by atoms with Gasteiger partial charge in [0.05, 0.1) is 5.56 Å². The molecule has 3 aromatic carbocycles. The number of nitrogens with two attached hydrogens (primary N) is 1. The lowest BCUT2D eigenvalue weighted by Crippen LogP contribution is -2.43. The highest BCUT2D eigenvalue weighted by Crippen LogP contribution is 2.24. The summed E-state index contributed by atoms with van der Waals surface area (Å²) >= 11 is 6.01. The fourth-order valence-electron chi connectivity index (χ4n) is 4.02. The van der Waals surface area contributed by atoms with E-state index in [0.717, 1.165) is 43.4 Å². The molecule has 1 unspecified atom stereocenters. The number of para-hydroxylation sites is 1. The highest BCUT2D eigenvalue weighted by Gasteiger charge is 2.25. The molecule has 3 rings (SSSR count). The van der Waals surface area contributed by atoms with E-state index in [4.69, 9.17) is 22.4 Å². The number of anilines is 1. The number of carboxylic acid groups (broad SMARTS) is 1. The lowest BCUT2D eigenvalue weighted by Gasteiger charge is -2.30. The lowest BCUT2D eigenvalue weighted by atomic mass is 9.82. The number of urea groups is 1. The van der Waals surface area contributed by atoms with Crippen molar-refractivity contribution in [1.29, 1.82) is 0 Å². The number of benzene rings is 3. The van der Waals surface area contributed by atoms with Gasteiger partial charge in [-0.2, -0.15) is 0 Å². The van der Waals surface area contributed by atoms with Crippen molar-refractivity contribution in [2.75, 3.05) is 11.9 Å². The Morgan fingerprint density at radius 2 is 1.50 bits per heavy atom. The van der Waals surface area contributed by atoms with Crippen molar-refractivity contribution in [2.45, 2.75) is 44.1 Å². The number of nitrogens with one attached hydrogen (secondary N) is 2. The van der Waals surface area contributed by atoms with E-state index < -0.39 is 11.5 Å². The summed E-state index contributed by atoms with van der Waals surface area (Å²) in [6, 6.07) is 23.8. The Morgan fingerprint density at radius 1 is 0.861 bits per heavy atom. The lowest BCUT2D eigenvalue weighted by molar-refractivity contribution is 0.0697. The van der Waals surface area contributed by atoms with Gasteiger partial charge in [0.25, 0.3) is 0 Å². The first kappa shape index (κ1) is 29.6. The molecule has 192 valence electrons. The van der Waals surface area contributed by atoms with Crippen LogP contribution in [0.15, 0.2) is 78.9 Å². The molecule has 0 aliphatic heterocycles. The maximum atomic E-state index is 12.1. The Labute approximate surface area is 234 Å². The van der Waals surface area contributed by atoms with Crippen LogP contribution in [0, 0.1) is 0 Å². The zero-order valence-corrected chi connectivity index (χ0v) is 23.2. The van der Waals surface area contributed by atoms with Gasteiger partial charge in [-0.1, -0.05) is 54.1 Å². The average molecular weight is 622 g/mol. The van der Waals surface area contributed by atoms with Gasteiger partial charge in [0.15, 0.2) is 0 Å². The normalized spacial score (nSPS) is 12.2. The van der Waals surface area contributed by atoms with Crippen molar-refractivity contribution in [3.63, 3.8) is 0 Å². The molecule has 0 aromatic heterocycles. The van der Waals surface area contributed by atoms with Crippen LogP contribution < -0.4 is 16.4 Å². The van der Waals surface area contributed by atoms with Crippen LogP contribution >= 0.6 is 35.6 Å². The number of aromatic carboxylic acids is 1. The number of amides is 2. The Hall–Kier alpha value is -2.62. The van der Waals surface area contributed by atoms with E-state index in [-0.39, 0.29) is 35.6 Å². The molecule has 8 heteroatoms. The molecule has 0 heterocycles. The summed E-state index contributed by atoms with van der Waals surface area (Å²) in [4.78, 5) is 23.2. The fourth-order valence-corrected chi connectivity index (χ4v) is 4.14. The summed E-state index contributed by atoms with van der Waals surface area (Å²) in [7, 11) is 0. The topological polar surface area (TPSA) is 104 Å². The quantitative estimate of drug-likeness (QED) is 0.137. The molecular formula is C28H33ClIN3O3. The summed E-state index contributed by atoms with van der Waals surface area (Å²) < 4.78 is 0. The number of carbonyl (C=O) groups excluding carboxylic acids is 1. The summed E-state index contributed by atoms with van der Waals surface area (Å²) in [6.45, 7) is 0.555. The number of carboxylic acids is 1. The third-order valence-corrected chi connectivity index (χ3v) is 6.25. The second-order valence-corrected chi connectivity index (χ2v) is 9.31. The van der Waals surface area contributed by atoms with Crippen LogP contribution in [0.25, 0.3) is 0 Å². The van der Waals surface area contributed by atoms with E-state index in [0.29, 0.717) is 18.0 Å². The van der Waals surface area contributed by atoms with Gasteiger partial charge in [-0.05, 0) is 86.1 Å². The molecule has 0 saturated heterocycles. The second-order valence-electron chi connectivity index (χ2n) is 8.87. The largest absolute Gasteiger partial charge is 0.478 e. The molecule has 0 fully saturated rings. The van der Waals surface area contributed by atoms with Gasteiger partial charge < -0.3 is 21.5 Å². The average Bonchev–Trinajstić information content (AvgIpc) is 2.84. The molecule has 3 aromatic rings. The number of rotatable bonds is 12. The molecule has 6 nitrogen and oxygen atoms in total. The van der Waals surface area contributed by atoms with E-state index in [9.17, 15) is 9.59 Å². The van der Waals surface area contributed by atoms with Crippen molar-refractivity contribution in [3.8, 4) is 0 Å². The number of hydrogen-bond donors (Lipinski definition) is 4. The van der Waals surface area contributed by atoms with Crippen molar-refractivity contribution in [1.82, 2.24) is 5.32 Å². The van der Waals surface area contributed by atoms with Gasteiger partial charge in [-0.25, -0.2) is 9.59 Å². The number of carbonyl (C=O) groups is 2. The number of halogens is 2. The molecule has 36 heavy (non-hydrogen) atoms. The first-order valence-electron chi connectivity index (χ1n) is 11.8. The Balaban J connectivity index is 0.00000456. The number of unbranched alkanes of at least 4 members (excludes halogenated alkanes) is 1. The molecule has 0 bridgehead atoms. The summed E-state index contributed by atoms with van der Waals surface area (Å²) in [5.41, 5.74) is 9.64. The SMILES string of the molecule is I.NC(CCCCNC(=O)Nc1ccccc1)(CCc1ccc(Cl)cc1)Cc1ccc(C(=O)O)cc1. The van der Waals surface area contributed by atoms with E-state index >= 15 is 0 Å². The Kier molecular flexibility index (Phi) is 12.2. The van der Waals surface area contributed by atoms with Gasteiger partial charge in [0.1, 0.15) is 0 Å². The van der Waals surface area contributed by atoms with Crippen LogP contribution in [-0.2, 0) is 12.8 Å². The van der Waals surface area contributed by atoms with Gasteiger partial charge >= 0.3 is 12.0 Å². The van der Waals surface area contributed by atoms with Gasteiger partial charge in [-0.15, -0.1) is 24.0 Å². The first-order chi connectivity index (χ1) is 16.8. The molecule has 2 amide bonds. The van der Waals surface area contributed by atoms with Crippen LogP contribution in [0.1, 0.15) is 47.2 Å². The van der Waals surface area contributed by atoms with E-state index in [1.807, 2.05) is 66.7 Å². The van der Waals surface area contributed by atoms with E-state index in [1.54, 1.807) is 12.1 Å². The van der Waals surface area contributed by atoms with Crippen molar-refractivity contribution in [3.05, 3.63) is 101 Å². The third-order valence-electron chi connectivity index (χ3n) is 6.00. The molecule has 5 N–H and O–H groups in total. The maximum Gasteiger partial charge on any atom is 0.335 e. The van der Waals surface area contributed by atoms with Crippen LogP contribution in [0.4, 0.5) is 10.5 Å². The second kappa shape index (κ2) is 14.8. The van der Waals surface area contributed by atoms with E-state index in [2.05, 4.69) is 10.6 Å². The minimum Gasteiger partial charge on any atom is -0.478 e. The number of aryl methyl sites for hydroxylation is 1. The van der Waals surface area contributed by atoms with Crippen molar-refractivity contribution in [2.24, 2.45) is 5.73 Å².